The Bertz CT molecular complexity index is 454. The number of nitrogens with zero attached hydrogens (tertiary/aromatic N) is 4. The van der Waals surface area contributed by atoms with Crippen molar-refractivity contribution in [3.05, 3.63) is 11.9 Å². The van der Waals surface area contributed by atoms with Crippen molar-refractivity contribution in [3.63, 3.8) is 0 Å². The van der Waals surface area contributed by atoms with Gasteiger partial charge in [0, 0.05) is 25.7 Å². The van der Waals surface area contributed by atoms with E-state index in [0.29, 0.717) is 17.9 Å². The number of likely N-dealkylation sites (tertiary alicyclic amines) is 1. The van der Waals surface area contributed by atoms with Gasteiger partial charge in [-0.25, -0.2) is 0 Å². The molecule has 6 nitrogen and oxygen atoms in total. The van der Waals surface area contributed by atoms with E-state index >= 15 is 0 Å². The normalized spacial score (nSPS) is 19.4. The number of aromatic nitrogens is 2. The highest BCUT2D eigenvalue weighted by atomic mass is 16.2. The largest absolute Gasteiger partial charge is 0.396 e. The lowest BCUT2D eigenvalue weighted by Gasteiger charge is -2.27. The van der Waals surface area contributed by atoms with Crippen molar-refractivity contribution in [1.29, 1.82) is 0 Å². The van der Waals surface area contributed by atoms with Crippen LogP contribution in [-0.4, -0.2) is 58.7 Å². The minimum absolute atomic E-state index is 0.0150. The maximum Gasteiger partial charge on any atom is 0.274 e. The molecule has 0 aromatic carbocycles. The maximum atomic E-state index is 12.7. The van der Waals surface area contributed by atoms with Gasteiger partial charge in [0.05, 0.1) is 11.9 Å². The van der Waals surface area contributed by atoms with E-state index in [0.717, 1.165) is 25.9 Å². The highest BCUT2D eigenvalue weighted by molar-refractivity contribution is 5.97. The Morgan fingerprint density at radius 2 is 2.32 bits per heavy atom. The zero-order valence-corrected chi connectivity index (χ0v) is 12.0. The summed E-state index contributed by atoms with van der Waals surface area (Å²) in [6.07, 6.45) is 3.68. The minimum atomic E-state index is 0.0150. The molecule has 1 fully saturated rings. The molecule has 19 heavy (non-hydrogen) atoms. The van der Waals surface area contributed by atoms with E-state index < -0.39 is 0 Å². The van der Waals surface area contributed by atoms with Gasteiger partial charge in [-0.1, -0.05) is 0 Å². The average molecular weight is 265 g/mol. The lowest BCUT2D eigenvalue weighted by atomic mass is 10.2. The first kappa shape index (κ1) is 13.9. The van der Waals surface area contributed by atoms with Gasteiger partial charge >= 0.3 is 0 Å². The van der Waals surface area contributed by atoms with E-state index in [2.05, 4.69) is 10.00 Å². The number of nitrogens with two attached hydrogens (primary N) is 1. The summed E-state index contributed by atoms with van der Waals surface area (Å²) in [6, 6.07) is 0.280. The summed E-state index contributed by atoms with van der Waals surface area (Å²) < 4.78 is 1.68. The fourth-order valence-electron chi connectivity index (χ4n) is 2.72. The molecule has 1 aliphatic heterocycles. The van der Waals surface area contributed by atoms with Crippen LogP contribution in [-0.2, 0) is 6.54 Å². The van der Waals surface area contributed by atoms with Crippen LogP contribution in [0.3, 0.4) is 0 Å². The van der Waals surface area contributed by atoms with Crippen molar-refractivity contribution in [1.82, 2.24) is 19.6 Å². The second-order valence-corrected chi connectivity index (χ2v) is 5.32. The van der Waals surface area contributed by atoms with Crippen LogP contribution in [0.1, 0.15) is 30.3 Å². The van der Waals surface area contributed by atoms with E-state index in [9.17, 15) is 4.79 Å². The molecule has 0 aliphatic carbocycles. The first-order valence-electron chi connectivity index (χ1n) is 6.81. The van der Waals surface area contributed by atoms with Crippen LogP contribution in [0, 0.1) is 0 Å². The molecule has 1 unspecified atom stereocenters. The molecule has 106 valence electrons. The summed E-state index contributed by atoms with van der Waals surface area (Å²) in [6.45, 7) is 4.33. The van der Waals surface area contributed by atoms with Gasteiger partial charge < -0.3 is 15.5 Å². The number of hydrogen-bond donors (Lipinski definition) is 1. The topological polar surface area (TPSA) is 67.4 Å². The molecule has 1 aliphatic rings. The second kappa shape index (κ2) is 5.61. The molecule has 0 radical (unpaired) electrons. The fourth-order valence-corrected chi connectivity index (χ4v) is 2.72. The monoisotopic (exact) mass is 265 g/mol. The van der Waals surface area contributed by atoms with E-state index in [4.69, 9.17) is 5.73 Å². The Morgan fingerprint density at radius 3 is 2.95 bits per heavy atom. The third-order valence-corrected chi connectivity index (χ3v) is 3.58. The number of carbonyl (C=O) groups excluding carboxylic acids is 1. The standard InChI is InChI=1S/C13H23N5O/c1-4-18-12(11(14)8-15-18)13(19)17-7-5-6-10(17)9-16(2)3/h8,10H,4-7,9,14H2,1-3H3. The Morgan fingerprint density at radius 1 is 1.58 bits per heavy atom. The van der Waals surface area contributed by atoms with Crippen molar-refractivity contribution < 1.29 is 4.79 Å². The zero-order chi connectivity index (χ0) is 14.0. The molecule has 2 heterocycles. The molecule has 0 saturated carbocycles. The Kier molecular flexibility index (Phi) is 4.09. The van der Waals surface area contributed by atoms with E-state index in [1.807, 2.05) is 25.9 Å². The number of carbonyl (C=O) groups is 1. The second-order valence-electron chi connectivity index (χ2n) is 5.32. The van der Waals surface area contributed by atoms with Gasteiger partial charge in [0.15, 0.2) is 0 Å². The molecule has 2 N–H and O–H groups in total. The van der Waals surface area contributed by atoms with Gasteiger partial charge in [0.25, 0.3) is 5.91 Å². The van der Waals surface area contributed by atoms with Crippen molar-refractivity contribution in [2.75, 3.05) is 32.9 Å². The number of anilines is 1. The van der Waals surface area contributed by atoms with E-state index in [-0.39, 0.29) is 11.9 Å². The summed E-state index contributed by atoms with van der Waals surface area (Å²) in [4.78, 5) is 16.7. The molecular formula is C13H23N5O. The summed E-state index contributed by atoms with van der Waals surface area (Å²) in [5.74, 6) is 0.0150. The summed E-state index contributed by atoms with van der Waals surface area (Å²) in [5, 5.41) is 4.15. The zero-order valence-electron chi connectivity index (χ0n) is 12.0. The summed E-state index contributed by atoms with van der Waals surface area (Å²) in [7, 11) is 4.07. The van der Waals surface area contributed by atoms with Crippen molar-refractivity contribution in [2.45, 2.75) is 32.4 Å². The Hall–Kier alpha value is -1.56. The van der Waals surface area contributed by atoms with Crippen LogP contribution in [0.2, 0.25) is 0 Å². The summed E-state index contributed by atoms with van der Waals surface area (Å²) in [5.41, 5.74) is 6.90. The highest BCUT2D eigenvalue weighted by Crippen LogP contribution is 2.23. The highest BCUT2D eigenvalue weighted by Gasteiger charge is 2.32. The molecule has 1 aromatic heterocycles. The van der Waals surface area contributed by atoms with Gasteiger partial charge in [-0.05, 0) is 33.9 Å². The van der Waals surface area contributed by atoms with Crippen molar-refractivity contribution in [2.24, 2.45) is 0 Å². The third kappa shape index (κ3) is 2.73. The van der Waals surface area contributed by atoms with Crippen LogP contribution in [0.4, 0.5) is 5.69 Å². The lowest BCUT2D eigenvalue weighted by molar-refractivity contribution is 0.0705. The van der Waals surface area contributed by atoms with E-state index in [1.165, 1.54) is 0 Å². The molecule has 1 saturated heterocycles. The molecular weight excluding hydrogens is 242 g/mol. The number of hydrogen-bond acceptors (Lipinski definition) is 4. The van der Waals surface area contributed by atoms with Crippen LogP contribution in [0.25, 0.3) is 0 Å². The first-order valence-corrected chi connectivity index (χ1v) is 6.81. The minimum Gasteiger partial charge on any atom is -0.396 e. The van der Waals surface area contributed by atoms with Crippen molar-refractivity contribution >= 4 is 11.6 Å². The van der Waals surface area contributed by atoms with Gasteiger partial charge in [-0.3, -0.25) is 9.48 Å². The van der Waals surface area contributed by atoms with Crippen LogP contribution in [0.15, 0.2) is 6.20 Å². The average Bonchev–Trinajstić information content (AvgIpc) is 2.94. The smallest absolute Gasteiger partial charge is 0.274 e. The summed E-state index contributed by atoms with van der Waals surface area (Å²) >= 11 is 0. The molecule has 1 aromatic rings. The van der Waals surface area contributed by atoms with E-state index in [1.54, 1.807) is 10.9 Å². The van der Waals surface area contributed by atoms with Gasteiger partial charge in [-0.15, -0.1) is 0 Å². The SMILES string of the molecule is CCn1ncc(N)c1C(=O)N1CCCC1CN(C)C. The Labute approximate surface area is 114 Å². The molecule has 2 rings (SSSR count). The number of amides is 1. The Balaban J connectivity index is 2.20. The predicted octanol–water partition coefficient (Wildman–Crippen LogP) is 0.651. The molecule has 0 bridgehead atoms. The van der Waals surface area contributed by atoms with Crippen LogP contribution >= 0.6 is 0 Å². The van der Waals surface area contributed by atoms with Crippen LogP contribution in [0.5, 0.6) is 0 Å². The van der Waals surface area contributed by atoms with Crippen LogP contribution < -0.4 is 5.73 Å². The van der Waals surface area contributed by atoms with Gasteiger partial charge in [-0.2, -0.15) is 5.10 Å². The maximum absolute atomic E-state index is 12.7. The number of aryl methyl sites for hydroxylation is 1. The lowest BCUT2D eigenvalue weighted by Crippen LogP contribution is -2.42. The molecule has 6 heteroatoms. The quantitative estimate of drug-likeness (QED) is 0.868. The third-order valence-electron chi connectivity index (χ3n) is 3.58. The van der Waals surface area contributed by atoms with Gasteiger partial charge in [0.2, 0.25) is 0 Å². The number of rotatable bonds is 4. The number of likely N-dealkylation sites (N-methyl/N-ethyl adjacent to an activating group) is 1. The number of nitrogen functional groups attached to an aromatic ring is 1. The van der Waals surface area contributed by atoms with Gasteiger partial charge in [0.1, 0.15) is 5.69 Å². The molecule has 1 amide bonds. The fraction of sp³-hybridized carbons (Fsp3) is 0.692. The molecule has 1 atom stereocenters. The predicted molar refractivity (Wildman–Crippen MR) is 74.9 cm³/mol. The molecule has 0 spiro atoms. The van der Waals surface area contributed by atoms with Crippen molar-refractivity contribution in [3.8, 4) is 0 Å². The first-order chi connectivity index (χ1) is 9.04.